The van der Waals surface area contributed by atoms with Crippen LogP contribution < -0.4 is 10.6 Å². The summed E-state index contributed by atoms with van der Waals surface area (Å²) in [7, 11) is 3.45. The number of nitrogens with zero attached hydrogens (tertiary/aromatic N) is 4. The Bertz CT molecular complexity index is 524. The number of nitrogens with two attached hydrogens (primary N) is 1. The molecule has 0 spiro atoms. The van der Waals surface area contributed by atoms with E-state index >= 15 is 0 Å². The summed E-state index contributed by atoms with van der Waals surface area (Å²) >= 11 is 0. The quantitative estimate of drug-likeness (QED) is 0.812. The fourth-order valence-corrected chi connectivity index (χ4v) is 2.47. The van der Waals surface area contributed by atoms with Gasteiger partial charge in [0.2, 0.25) is 0 Å². The van der Waals surface area contributed by atoms with Gasteiger partial charge in [-0.1, -0.05) is 0 Å². The molecule has 7 nitrogen and oxygen atoms in total. The first kappa shape index (κ1) is 15.6. The highest BCUT2D eigenvalue weighted by atomic mass is 16.5. The Labute approximate surface area is 125 Å². The van der Waals surface area contributed by atoms with Gasteiger partial charge in [0.05, 0.1) is 12.6 Å². The Balaban J connectivity index is 2.46. The van der Waals surface area contributed by atoms with Crippen LogP contribution in [0.3, 0.4) is 0 Å². The monoisotopic (exact) mass is 295 g/mol. The third-order valence-electron chi connectivity index (χ3n) is 3.73. The maximum Gasteiger partial charge on any atom is 0.345 e. The van der Waals surface area contributed by atoms with Crippen LogP contribution in [0.1, 0.15) is 31.1 Å². The number of carbonyl (C=O) groups excluding carboxylic acids is 1. The largest absolute Gasteiger partial charge is 0.465 e. The van der Waals surface area contributed by atoms with Gasteiger partial charge < -0.3 is 20.3 Å². The second-order valence-electron chi connectivity index (χ2n) is 6.45. The van der Waals surface area contributed by atoms with Crippen molar-refractivity contribution in [3.8, 4) is 0 Å². The number of anilines is 2. The van der Waals surface area contributed by atoms with Gasteiger partial charge in [-0.15, -0.1) is 0 Å². The lowest BCUT2D eigenvalue weighted by molar-refractivity contribution is 0.0602. The number of piperazine rings is 1. The van der Waals surface area contributed by atoms with Crippen LogP contribution in [0, 0.1) is 0 Å². The smallest absolute Gasteiger partial charge is 0.345 e. The van der Waals surface area contributed by atoms with Crippen LogP contribution in [-0.4, -0.2) is 61.0 Å². The maximum absolute atomic E-state index is 12.1. The zero-order chi connectivity index (χ0) is 15.8. The SMILES string of the molecule is COC(=O)c1c(N2CCN(C)CC2)nn(C(C)(C)C)c1N. The molecular weight excluding hydrogens is 270 g/mol. The van der Waals surface area contributed by atoms with Crippen molar-refractivity contribution in [1.82, 2.24) is 14.7 Å². The molecule has 118 valence electrons. The average molecular weight is 295 g/mol. The van der Waals surface area contributed by atoms with E-state index in [2.05, 4.69) is 21.9 Å². The van der Waals surface area contributed by atoms with Gasteiger partial charge in [0.1, 0.15) is 11.4 Å². The Hall–Kier alpha value is -1.76. The second kappa shape index (κ2) is 5.55. The van der Waals surface area contributed by atoms with Crippen LogP contribution in [0.4, 0.5) is 11.6 Å². The summed E-state index contributed by atoms with van der Waals surface area (Å²) in [5.74, 6) is 0.558. The molecule has 1 aromatic heterocycles. The summed E-state index contributed by atoms with van der Waals surface area (Å²) in [6, 6.07) is 0. The first-order valence-electron chi connectivity index (χ1n) is 7.16. The predicted molar refractivity (Wildman–Crippen MR) is 82.7 cm³/mol. The number of hydrogen-bond acceptors (Lipinski definition) is 6. The Morgan fingerprint density at radius 1 is 1.24 bits per heavy atom. The highest BCUT2D eigenvalue weighted by Crippen LogP contribution is 2.30. The van der Waals surface area contributed by atoms with Crippen molar-refractivity contribution in [3.05, 3.63) is 5.56 Å². The lowest BCUT2D eigenvalue weighted by Crippen LogP contribution is -2.45. The van der Waals surface area contributed by atoms with Gasteiger partial charge >= 0.3 is 5.97 Å². The van der Waals surface area contributed by atoms with Gasteiger partial charge in [0.15, 0.2) is 5.82 Å². The van der Waals surface area contributed by atoms with Crippen molar-refractivity contribution in [2.45, 2.75) is 26.3 Å². The van der Waals surface area contributed by atoms with Crippen LogP contribution in [0.5, 0.6) is 0 Å². The number of methoxy groups -OCH3 is 1. The van der Waals surface area contributed by atoms with E-state index in [0.717, 1.165) is 26.2 Å². The van der Waals surface area contributed by atoms with E-state index in [1.165, 1.54) is 7.11 Å². The van der Waals surface area contributed by atoms with Crippen LogP contribution in [0.15, 0.2) is 0 Å². The van der Waals surface area contributed by atoms with E-state index in [4.69, 9.17) is 10.5 Å². The predicted octanol–water partition coefficient (Wildman–Crippen LogP) is 0.759. The van der Waals surface area contributed by atoms with E-state index < -0.39 is 5.97 Å². The van der Waals surface area contributed by atoms with E-state index in [0.29, 0.717) is 17.2 Å². The average Bonchev–Trinajstić information content (AvgIpc) is 2.76. The molecule has 1 aromatic rings. The molecule has 1 fully saturated rings. The minimum atomic E-state index is -0.433. The van der Waals surface area contributed by atoms with Crippen molar-refractivity contribution >= 4 is 17.6 Å². The van der Waals surface area contributed by atoms with Crippen molar-refractivity contribution in [2.24, 2.45) is 0 Å². The maximum atomic E-state index is 12.1. The first-order chi connectivity index (χ1) is 9.75. The van der Waals surface area contributed by atoms with Crippen molar-refractivity contribution in [1.29, 1.82) is 0 Å². The van der Waals surface area contributed by atoms with Gasteiger partial charge in [-0.2, -0.15) is 5.10 Å². The number of ether oxygens (including phenoxy) is 1. The normalized spacial score (nSPS) is 17.1. The molecule has 0 bridgehead atoms. The fourth-order valence-electron chi connectivity index (χ4n) is 2.47. The van der Waals surface area contributed by atoms with Crippen LogP contribution in [-0.2, 0) is 10.3 Å². The molecular formula is C14H25N5O2. The molecule has 1 aliphatic rings. The minimum Gasteiger partial charge on any atom is -0.465 e. The number of nitrogen functional groups attached to an aromatic ring is 1. The molecule has 0 aliphatic carbocycles. The third kappa shape index (κ3) is 2.97. The first-order valence-corrected chi connectivity index (χ1v) is 7.16. The lowest BCUT2D eigenvalue weighted by Gasteiger charge is -2.32. The third-order valence-corrected chi connectivity index (χ3v) is 3.73. The molecule has 0 saturated carbocycles. The van der Waals surface area contributed by atoms with E-state index in [1.807, 2.05) is 20.8 Å². The molecule has 2 heterocycles. The number of carbonyl (C=O) groups is 1. The number of aromatic nitrogens is 2. The molecule has 0 radical (unpaired) electrons. The molecule has 0 unspecified atom stereocenters. The fraction of sp³-hybridized carbons (Fsp3) is 0.714. The minimum absolute atomic E-state index is 0.294. The second-order valence-corrected chi connectivity index (χ2v) is 6.45. The molecule has 21 heavy (non-hydrogen) atoms. The van der Waals surface area contributed by atoms with Gasteiger partial charge in [-0.05, 0) is 27.8 Å². The van der Waals surface area contributed by atoms with Crippen LogP contribution in [0.25, 0.3) is 0 Å². The van der Waals surface area contributed by atoms with E-state index in [-0.39, 0.29) is 5.54 Å². The summed E-state index contributed by atoms with van der Waals surface area (Å²) in [6.45, 7) is 9.52. The summed E-state index contributed by atoms with van der Waals surface area (Å²) in [5.41, 5.74) is 6.24. The summed E-state index contributed by atoms with van der Waals surface area (Å²) in [6.07, 6.45) is 0. The van der Waals surface area contributed by atoms with Crippen molar-refractivity contribution < 1.29 is 9.53 Å². The number of rotatable bonds is 2. The molecule has 2 N–H and O–H groups in total. The Kier molecular flexibility index (Phi) is 4.13. The molecule has 1 aliphatic heterocycles. The molecule has 2 rings (SSSR count). The highest BCUT2D eigenvalue weighted by Gasteiger charge is 2.31. The van der Waals surface area contributed by atoms with Gasteiger partial charge in [0.25, 0.3) is 0 Å². The topological polar surface area (TPSA) is 76.6 Å². The molecule has 0 amide bonds. The zero-order valence-electron chi connectivity index (χ0n) is 13.5. The molecule has 0 aromatic carbocycles. The van der Waals surface area contributed by atoms with Crippen LogP contribution in [0.2, 0.25) is 0 Å². The van der Waals surface area contributed by atoms with E-state index in [9.17, 15) is 4.79 Å². The zero-order valence-corrected chi connectivity index (χ0v) is 13.5. The van der Waals surface area contributed by atoms with E-state index in [1.54, 1.807) is 4.68 Å². The summed E-state index contributed by atoms with van der Waals surface area (Å²) in [4.78, 5) is 16.5. The van der Waals surface area contributed by atoms with Gasteiger partial charge in [0, 0.05) is 26.2 Å². The number of hydrogen-bond donors (Lipinski definition) is 1. The number of likely N-dealkylation sites (N-methyl/N-ethyl adjacent to an activating group) is 1. The standard InChI is InChI=1S/C14H25N5O2/c1-14(2,3)19-11(15)10(13(20)21-5)12(16-19)18-8-6-17(4)7-9-18/h6-9,15H2,1-5H3. The van der Waals surface area contributed by atoms with Gasteiger partial charge in [-0.3, -0.25) is 0 Å². The van der Waals surface area contributed by atoms with Gasteiger partial charge in [-0.25, -0.2) is 9.48 Å². The van der Waals surface area contributed by atoms with Crippen LogP contribution >= 0.6 is 0 Å². The molecule has 7 heteroatoms. The van der Waals surface area contributed by atoms with Crippen molar-refractivity contribution in [2.75, 3.05) is 51.0 Å². The molecule has 1 saturated heterocycles. The molecule has 0 atom stereocenters. The number of esters is 1. The summed E-state index contributed by atoms with van der Waals surface area (Å²) < 4.78 is 6.59. The lowest BCUT2D eigenvalue weighted by atomic mass is 10.1. The Morgan fingerprint density at radius 3 is 2.29 bits per heavy atom. The van der Waals surface area contributed by atoms with Crippen molar-refractivity contribution in [3.63, 3.8) is 0 Å². The highest BCUT2D eigenvalue weighted by molar-refractivity contribution is 5.99. The Morgan fingerprint density at radius 2 is 1.81 bits per heavy atom. The summed E-state index contributed by atoms with van der Waals surface area (Å²) in [5, 5.41) is 4.60.